The molecule has 0 amide bonds. The molecule has 0 unspecified atom stereocenters. The summed E-state index contributed by atoms with van der Waals surface area (Å²) in [6.07, 6.45) is 2.98. The summed E-state index contributed by atoms with van der Waals surface area (Å²) < 4.78 is 1.36. The summed E-state index contributed by atoms with van der Waals surface area (Å²) in [5.74, 6) is -0.378. The second-order valence-corrected chi connectivity index (χ2v) is 5.72. The number of hydrogen-bond donors (Lipinski definition) is 0. The molecule has 1 aliphatic carbocycles. The highest BCUT2D eigenvalue weighted by atomic mass is 32.1. The van der Waals surface area contributed by atoms with Crippen molar-refractivity contribution in [3.8, 4) is 11.3 Å². The lowest BCUT2D eigenvalue weighted by molar-refractivity contribution is 0.1000. The fourth-order valence-electron chi connectivity index (χ4n) is 2.37. The molecule has 0 N–H and O–H groups in total. The molecule has 0 saturated carbocycles. The van der Waals surface area contributed by atoms with Gasteiger partial charge in [0, 0.05) is 17.2 Å². The van der Waals surface area contributed by atoms with Crippen LogP contribution < -0.4 is 0 Å². The van der Waals surface area contributed by atoms with Crippen LogP contribution in [0.4, 0.5) is 0 Å². The first-order chi connectivity index (χ1) is 10.7. The zero-order valence-electron chi connectivity index (χ0n) is 11.3. The van der Waals surface area contributed by atoms with Crippen molar-refractivity contribution in [2.24, 2.45) is 0 Å². The molecule has 1 aromatic carbocycles. The Bertz CT molecular complexity index is 922. The number of Topliss-reactive ketones (excluding diaryl/α,β-unsaturated/α-hetero) is 1. The third kappa shape index (κ3) is 1.93. The minimum absolute atomic E-state index is 0.170. The van der Waals surface area contributed by atoms with E-state index in [9.17, 15) is 9.59 Å². The third-order valence-electron chi connectivity index (χ3n) is 3.44. The summed E-state index contributed by atoms with van der Waals surface area (Å²) in [7, 11) is 0. The molecule has 6 heteroatoms. The molecule has 2 aromatic heterocycles. The summed E-state index contributed by atoms with van der Waals surface area (Å²) in [6.45, 7) is 0. The van der Waals surface area contributed by atoms with E-state index in [1.807, 2.05) is 30.3 Å². The Morgan fingerprint density at radius 3 is 2.68 bits per heavy atom. The van der Waals surface area contributed by atoms with Crippen LogP contribution in [0.5, 0.6) is 0 Å². The predicted octanol–water partition coefficient (Wildman–Crippen LogP) is 2.93. The van der Waals surface area contributed by atoms with Crippen LogP contribution in [0.15, 0.2) is 54.1 Å². The molecule has 22 heavy (non-hydrogen) atoms. The highest BCUT2D eigenvalue weighted by Crippen LogP contribution is 2.28. The molecule has 0 bridgehead atoms. The van der Waals surface area contributed by atoms with Crippen molar-refractivity contribution >= 4 is 28.6 Å². The molecule has 0 fully saturated rings. The summed E-state index contributed by atoms with van der Waals surface area (Å²) in [4.78, 5) is 25.0. The maximum atomic E-state index is 12.5. The van der Waals surface area contributed by atoms with Crippen LogP contribution in [0.3, 0.4) is 0 Å². The Kier molecular flexibility index (Phi) is 2.83. The smallest absolute Gasteiger partial charge is 0.213 e. The Morgan fingerprint density at radius 2 is 1.86 bits per heavy atom. The number of allylic oxidation sites excluding steroid dienone is 2. The SMILES string of the molecule is O=C1C(n2cc(-c3ccccc3)nn2)=CC(=O)c2sccc21. The number of nitrogens with zero attached hydrogens (tertiary/aromatic N) is 3. The summed E-state index contributed by atoms with van der Waals surface area (Å²) in [5, 5.41) is 9.81. The van der Waals surface area contributed by atoms with Crippen LogP contribution in [-0.2, 0) is 0 Å². The first-order valence-corrected chi connectivity index (χ1v) is 7.48. The Labute approximate surface area is 129 Å². The van der Waals surface area contributed by atoms with Crippen molar-refractivity contribution < 1.29 is 9.59 Å². The highest BCUT2D eigenvalue weighted by Gasteiger charge is 2.28. The number of benzene rings is 1. The lowest BCUT2D eigenvalue weighted by atomic mass is 10.0. The van der Waals surface area contributed by atoms with Gasteiger partial charge in [-0.2, -0.15) is 0 Å². The maximum absolute atomic E-state index is 12.5. The van der Waals surface area contributed by atoms with Crippen LogP contribution in [0, 0.1) is 0 Å². The first-order valence-electron chi connectivity index (χ1n) is 6.60. The van der Waals surface area contributed by atoms with E-state index in [0.717, 1.165) is 5.56 Å². The van der Waals surface area contributed by atoms with Gasteiger partial charge < -0.3 is 0 Å². The predicted molar refractivity (Wildman–Crippen MR) is 82.7 cm³/mol. The summed E-state index contributed by atoms with van der Waals surface area (Å²) in [5.41, 5.74) is 2.22. The Balaban J connectivity index is 1.76. The number of carbonyl (C=O) groups is 2. The summed E-state index contributed by atoms with van der Waals surface area (Å²) >= 11 is 1.28. The summed E-state index contributed by atoms with van der Waals surface area (Å²) in [6, 6.07) is 11.2. The topological polar surface area (TPSA) is 64.8 Å². The van der Waals surface area contributed by atoms with E-state index in [1.54, 1.807) is 17.6 Å². The van der Waals surface area contributed by atoms with Gasteiger partial charge in [0.25, 0.3) is 0 Å². The molecule has 106 valence electrons. The van der Waals surface area contributed by atoms with E-state index in [-0.39, 0.29) is 17.3 Å². The fraction of sp³-hybridized carbons (Fsp3) is 0. The number of rotatable bonds is 2. The largest absolute Gasteiger partial charge is 0.288 e. The number of thiophene rings is 1. The van der Waals surface area contributed by atoms with Crippen molar-refractivity contribution in [1.82, 2.24) is 15.0 Å². The normalized spacial score (nSPS) is 13.9. The van der Waals surface area contributed by atoms with Crippen LogP contribution >= 0.6 is 11.3 Å². The van der Waals surface area contributed by atoms with E-state index in [2.05, 4.69) is 10.3 Å². The quantitative estimate of drug-likeness (QED) is 0.730. The van der Waals surface area contributed by atoms with Crippen molar-refractivity contribution in [3.63, 3.8) is 0 Å². The molecule has 0 aliphatic heterocycles. The Morgan fingerprint density at radius 1 is 1.05 bits per heavy atom. The first kappa shape index (κ1) is 12.8. The number of fused-ring (bicyclic) bond motifs is 1. The van der Waals surface area contributed by atoms with E-state index in [1.165, 1.54) is 22.1 Å². The lowest BCUT2D eigenvalue weighted by Crippen LogP contribution is -2.18. The number of aromatic nitrogens is 3. The van der Waals surface area contributed by atoms with E-state index >= 15 is 0 Å². The monoisotopic (exact) mass is 307 g/mol. The van der Waals surface area contributed by atoms with Gasteiger partial charge in [0.1, 0.15) is 11.4 Å². The van der Waals surface area contributed by atoms with E-state index < -0.39 is 0 Å². The average Bonchev–Trinajstić information content (AvgIpc) is 3.21. The van der Waals surface area contributed by atoms with Gasteiger partial charge in [0.05, 0.1) is 11.1 Å². The van der Waals surface area contributed by atoms with Gasteiger partial charge in [-0.3, -0.25) is 9.59 Å². The van der Waals surface area contributed by atoms with Gasteiger partial charge in [-0.05, 0) is 11.4 Å². The lowest BCUT2D eigenvalue weighted by Gasteiger charge is -2.10. The molecule has 0 atom stereocenters. The molecule has 0 radical (unpaired) electrons. The molecule has 5 nitrogen and oxygen atoms in total. The van der Waals surface area contributed by atoms with Gasteiger partial charge in [-0.15, -0.1) is 16.4 Å². The zero-order chi connectivity index (χ0) is 15.1. The molecular weight excluding hydrogens is 298 g/mol. The highest BCUT2D eigenvalue weighted by molar-refractivity contribution is 7.12. The van der Waals surface area contributed by atoms with Crippen molar-refractivity contribution in [2.45, 2.75) is 0 Å². The zero-order valence-corrected chi connectivity index (χ0v) is 12.1. The molecule has 2 heterocycles. The molecule has 3 aromatic rings. The molecular formula is C16H9N3O2S. The number of hydrogen-bond acceptors (Lipinski definition) is 5. The fourth-order valence-corrected chi connectivity index (χ4v) is 3.17. The van der Waals surface area contributed by atoms with Gasteiger partial charge in [-0.25, -0.2) is 4.68 Å². The number of ketones is 2. The van der Waals surface area contributed by atoms with Crippen LogP contribution in [0.25, 0.3) is 17.0 Å². The van der Waals surface area contributed by atoms with E-state index in [4.69, 9.17) is 0 Å². The molecule has 0 spiro atoms. The maximum Gasteiger partial charge on any atom is 0.213 e. The molecule has 0 saturated heterocycles. The number of carbonyl (C=O) groups excluding carboxylic acids is 2. The van der Waals surface area contributed by atoms with Gasteiger partial charge in [0.2, 0.25) is 5.78 Å². The van der Waals surface area contributed by atoms with Crippen molar-refractivity contribution in [3.05, 3.63) is 64.5 Å². The second-order valence-electron chi connectivity index (χ2n) is 4.80. The average molecular weight is 307 g/mol. The standard InChI is InChI=1S/C16H9N3O2S/c20-14-8-13(15(21)11-6-7-22-16(11)14)19-9-12(17-18-19)10-4-2-1-3-5-10/h1-9H. The van der Waals surface area contributed by atoms with E-state index in [0.29, 0.717) is 16.1 Å². The van der Waals surface area contributed by atoms with Gasteiger partial charge >= 0.3 is 0 Å². The van der Waals surface area contributed by atoms with Gasteiger partial charge in [-0.1, -0.05) is 35.5 Å². The Hall–Kier alpha value is -2.86. The van der Waals surface area contributed by atoms with Crippen LogP contribution in [-0.4, -0.2) is 26.6 Å². The van der Waals surface area contributed by atoms with Crippen LogP contribution in [0.1, 0.15) is 20.0 Å². The minimum atomic E-state index is -0.208. The molecule has 1 aliphatic rings. The second kappa shape index (κ2) is 4.85. The van der Waals surface area contributed by atoms with Gasteiger partial charge in [0.15, 0.2) is 5.78 Å². The van der Waals surface area contributed by atoms with Crippen molar-refractivity contribution in [1.29, 1.82) is 0 Å². The van der Waals surface area contributed by atoms with Crippen LogP contribution in [0.2, 0.25) is 0 Å². The third-order valence-corrected chi connectivity index (χ3v) is 4.37. The molecule has 4 rings (SSSR count). The van der Waals surface area contributed by atoms with Crippen molar-refractivity contribution in [2.75, 3.05) is 0 Å². The minimum Gasteiger partial charge on any atom is -0.288 e.